The van der Waals surface area contributed by atoms with Gasteiger partial charge in [-0.1, -0.05) is 13.0 Å². The van der Waals surface area contributed by atoms with Crippen LogP contribution in [0.4, 0.5) is 0 Å². The van der Waals surface area contributed by atoms with Crippen molar-refractivity contribution in [3.8, 4) is 5.75 Å². The highest BCUT2D eigenvalue weighted by Gasteiger charge is 2.20. The van der Waals surface area contributed by atoms with Gasteiger partial charge in [-0.15, -0.1) is 0 Å². The van der Waals surface area contributed by atoms with Gasteiger partial charge in [-0.2, -0.15) is 0 Å². The van der Waals surface area contributed by atoms with Gasteiger partial charge in [0.05, 0.1) is 19.4 Å². The smallest absolute Gasteiger partial charge is 0.122 e. The van der Waals surface area contributed by atoms with Crippen LogP contribution in [0.25, 0.3) is 0 Å². The molecule has 1 atom stereocenters. The number of rotatable bonds is 5. The molecule has 1 aromatic heterocycles. The third kappa shape index (κ3) is 2.59. The van der Waals surface area contributed by atoms with Gasteiger partial charge < -0.3 is 14.5 Å². The summed E-state index contributed by atoms with van der Waals surface area (Å²) in [4.78, 5) is 0. The average molecular weight is 273 g/mol. The highest BCUT2D eigenvalue weighted by atomic mass is 16.5. The molecule has 0 radical (unpaired) electrons. The molecule has 1 heterocycles. The van der Waals surface area contributed by atoms with E-state index in [-0.39, 0.29) is 6.04 Å². The van der Waals surface area contributed by atoms with Crippen LogP contribution in [-0.4, -0.2) is 14.2 Å². The number of nitrogens with one attached hydrogen (secondary N) is 1. The van der Waals surface area contributed by atoms with Crippen LogP contribution in [0.2, 0.25) is 0 Å². The Hall–Kier alpha value is -1.74. The van der Waals surface area contributed by atoms with E-state index in [0.29, 0.717) is 0 Å². The monoisotopic (exact) mass is 273 g/mol. The van der Waals surface area contributed by atoms with Gasteiger partial charge >= 0.3 is 0 Å². The first-order valence-corrected chi connectivity index (χ1v) is 7.01. The molecule has 3 heteroatoms. The zero-order valence-electron chi connectivity index (χ0n) is 12.9. The summed E-state index contributed by atoms with van der Waals surface area (Å²) in [5, 5.41) is 3.40. The van der Waals surface area contributed by atoms with E-state index in [4.69, 9.17) is 9.15 Å². The number of furan rings is 1. The van der Waals surface area contributed by atoms with Crippen molar-refractivity contribution < 1.29 is 9.15 Å². The van der Waals surface area contributed by atoms with E-state index in [1.165, 1.54) is 16.7 Å². The summed E-state index contributed by atoms with van der Waals surface area (Å²) in [5.74, 6) is 1.97. The molecule has 20 heavy (non-hydrogen) atoms. The van der Waals surface area contributed by atoms with Crippen LogP contribution in [0.15, 0.2) is 28.9 Å². The molecule has 108 valence electrons. The number of hydrogen-bond donors (Lipinski definition) is 1. The second kappa shape index (κ2) is 6.14. The Morgan fingerprint density at radius 2 is 1.95 bits per heavy atom. The summed E-state index contributed by atoms with van der Waals surface area (Å²) < 4.78 is 11.0. The summed E-state index contributed by atoms with van der Waals surface area (Å²) in [6.45, 7) is 6.30. The van der Waals surface area contributed by atoms with E-state index in [2.05, 4.69) is 44.3 Å². The van der Waals surface area contributed by atoms with Crippen LogP contribution in [0.1, 0.15) is 41.0 Å². The number of ether oxygens (including phenoxy) is 1. The van der Waals surface area contributed by atoms with Gasteiger partial charge in [0.2, 0.25) is 0 Å². The molecule has 2 aromatic rings. The van der Waals surface area contributed by atoms with E-state index < -0.39 is 0 Å². The minimum atomic E-state index is 0.147. The maximum atomic E-state index is 5.57. The first-order chi connectivity index (χ1) is 9.62. The maximum Gasteiger partial charge on any atom is 0.122 e. The third-order valence-corrected chi connectivity index (χ3v) is 3.80. The molecular weight excluding hydrogens is 250 g/mol. The Balaban J connectivity index is 2.50. The van der Waals surface area contributed by atoms with Crippen LogP contribution in [0, 0.1) is 13.8 Å². The van der Waals surface area contributed by atoms with E-state index in [0.717, 1.165) is 23.5 Å². The SMILES string of the molecule is CCc1occc1C(NC)c1cc(C)c(OC)cc1C. The lowest BCUT2D eigenvalue weighted by Gasteiger charge is -2.20. The Kier molecular flexibility index (Phi) is 4.50. The molecule has 0 bridgehead atoms. The molecule has 0 aliphatic heterocycles. The van der Waals surface area contributed by atoms with Crippen molar-refractivity contribution in [3.63, 3.8) is 0 Å². The molecule has 1 aromatic carbocycles. The van der Waals surface area contributed by atoms with E-state index >= 15 is 0 Å². The van der Waals surface area contributed by atoms with Gasteiger partial charge in [-0.3, -0.25) is 0 Å². The molecule has 3 nitrogen and oxygen atoms in total. The molecule has 0 aliphatic rings. The van der Waals surface area contributed by atoms with Gasteiger partial charge in [-0.25, -0.2) is 0 Å². The fraction of sp³-hybridized carbons (Fsp3) is 0.412. The van der Waals surface area contributed by atoms with Crippen molar-refractivity contribution in [1.29, 1.82) is 0 Å². The molecule has 0 saturated carbocycles. The Morgan fingerprint density at radius 1 is 1.20 bits per heavy atom. The molecule has 0 spiro atoms. The zero-order chi connectivity index (χ0) is 14.7. The van der Waals surface area contributed by atoms with Gasteiger partial charge in [0.15, 0.2) is 0 Å². The first-order valence-electron chi connectivity index (χ1n) is 7.01. The number of hydrogen-bond acceptors (Lipinski definition) is 3. The van der Waals surface area contributed by atoms with Crippen LogP contribution >= 0.6 is 0 Å². The van der Waals surface area contributed by atoms with Crippen molar-refractivity contribution in [2.24, 2.45) is 0 Å². The van der Waals surface area contributed by atoms with E-state index in [1.54, 1.807) is 13.4 Å². The molecule has 1 unspecified atom stereocenters. The third-order valence-electron chi connectivity index (χ3n) is 3.80. The summed E-state index contributed by atoms with van der Waals surface area (Å²) in [5.41, 5.74) is 4.84. The summed E-state index contributed by atoms with van der Waals surface area (Å²) in [6.07, 6.45) is 2.67. The summed E-state index contributed by atoms with van der Waals surface area (Å²) in [6, 6.07) is 6.50. The Labute approximate surface area is 121 Å². The number of methoxy groups -OCH3 is 1. The first kappa shape index (κ1) is 14.7. The predicted octanol–water partition coefficient (Wildman–Crippen LogP) is 3.78. The zero-order valence-corrected chi connectivity index (χ0v) is 12.9. The van der Waals surface area contributed by atoms with Crippen molar-refractivity contribution >= 4 is 0 Å². The topological polar surface area (TPSA) is 34.4 Å². The molecule has 2 rings (SSSR count). The maximum absolute atomic E-state index is 5.57. The second-order valence-electron chi connectivity index (χ2n) is 5.05. The second-order valence-corrected chi connectivity index (χ2v) is 5.05. The number of aryl methyl sites for hydroxylation is 3. The molecule has 0 amide bonds. The molecule has 0 saturated heterocycles. The van der Waals surface area contributed by atoms with Crippen LogP contribution in [-0.2, 0) is 6.42 Å². The molecule has 1 N–H and O–H groups in total. The normalized spacial score (nSPS) is 12.4. The van der Waals surface area contributed by atoms with Crippen molar-refractivity contribution in [3.05, 3.63) is 52.5 Å². The van der Waals surface area contributed by atoms with Crippen molar-refractivity contribution in [1.82, 2.24) is 5.32 Å². The van der Waals surface area contributed by atoms with Gasteiger partial charge in [0.1, 0.15) is 11.5 Å². The minimum Gasteiger partial charge on any atom is -0.496 e. The Morgan fingerprint density at radius 3 is 2.55 bits per heavy atom. The molecule has 0 fully saturated rings. The van der Waals surface area contributed by atoms with Crippen molar-refractivity contribution in [2.75, 3.05) is 14.2 Å². The highest BCUT2D eigenvalue weighted by Crippen LogP contribution is 2.32. The predicted molar refractivity (Wildman–Crippen MR) is 81.5 cm³/mol. The van der Waals surface area contributed by atoms with Gasteiger partial charge in [0, 0.05) is 12.0 Å². The van der Waals surface area contributed by atoms with Crippen LogP contribution < -0.4 is 10.1 Å². The van der Waals surface area contributed by atoms with E-state index in [9.17, 15) is 0 Å². The molecule has 0 aliphatic carbocycles. The lowest BCUT2D eigenvalue weighted by Crippen LogP contribution is -2.19. The van der Waals surface area contributed by atoms with E-state index in [1.807, 2.05) is 7.05 Å². The lowest BCUT2D eigenvalue weighted by molar-refractivity contribution is 0.411. The fourth-order valence-corrected chi connectivity index (χ4v) is 2.72. The highest BCUT2D eigenvalue weighted by molar-refractivity contribution is 5.46. The van der Waals surface area contributed by atoms with Crippen LogP contribution in [0.5, 0.6) is 5.75 Å². The summed E-state index contributed by atoms with van der Waals surface area (Å²) >= 11 is 0. The largest absolute Gasteiger partial charge is 0.496 e. The lowest BCUT2D eigenvalue weighted by atomic mass is 9.93. The van der Waals surface area contributed by atoms with Gasteiger partial charge in [-0.05, 0) is 49.7 Å². The molecular formula is C17H23NO2. The quantitative estimate of drug-likeness (QED) is 0.900. The van der Waals surface area contributed by atoms with Crippen molar-refractivity contribution in [2.45, 2.75) is 33.2 Å². The fourth-order valence-electron chi connectivity index (χ4n) is 2.72. The standard InChI is InChI=1S/C17H23NO2/c1-6-15-13(7-8-20-15)17(18-4)14-9-12(3)16(19-5)10-11(14)2/h7-10,17-18H,6H2,1-5H3. The van der Waals surface area contributed by atoms with Crippen LogP contribution in [0.3, 0.4) is 0 Å². The minimum absolute atomic E-state index is 0.147. The summed E-state index contributed by atoms with van der Waals surface area (Å²) in [7, 11) is 3.69. The Bertz CT molecular complexity index is 587. The average Bonchev–Trinajstić information content (AvgIpc) is 2.91. The van der Waals surface area contributed by atoms with Gasteiger partial charge in [0.25, 0.3) is 0 Å². The number of benzene rings is 1.